The zero-order valence-corrected chi connectivity index (χ0v) is 20.3. The number of aromatic hydroxyl groups is 1. The minimum Gasteiger partial charge on any atom is -0.506 e. The molecule has 1 aromatic rings. The quantitative estimate of drug-likeness (QED) is 0.370. The van der Waals surface area contributed by atoms with Crippen LogP contribution in [0.25, 0.3) is 0 Å². The first-order valence-corrected chi connectivity index (χ1v) is 12.9. The van der Waals surface area contributed by atoms with E-state index in [-0.39, 0.29) is 5.69 Å². The van der Waals surface area contributed by atoms with Crippen LogP contribution < -0.4 is 14.3 Å². The number of para-hydroxylation sites is 2. The molecule has 198 valence electrons. The van der Waals surface area contributed by atoms with Crippen molar-refractivity contribution in [2.75, 3.05) is 18.0 Å². The van der Waals surface area contributed by atoms with E-state index in [1.807, 2.05) is 0 Å². The van der Waals surface area contributed by atoms with Crippen molar-refractivity contribution in [3.05, 3.63) is 24.3 Å². The molecular weight excluding hydrogens is 516 g/mol. The van der Waals surface area contributed by atoms with Crippen molar-refractivity contribution >= 4 is 25.7 Å². The van der Waals surface area contributed by atoms with Gasteiger partial charge in [0.2, 0.25) is 0 Å². The third-order valence-electron chi connectivity index (χ3n) is 4.89. The molecule has 0 spiro atoms. The Morgan fingerprint density at radius 3 is 1.44 bits per heavy atom. The van der Waals surface area contributed by atoms with Gasteiger partial charge in [-0.3, -0.25) is 0 Å². The number of nitrogens with one attached hydrogen (secondary N) is 2. The molecule has 0 heterocycles. The van der Waals surface area contributed by atoms with Gasteiger partial charge in [-0.05, 0) is 24.0 Å². The monoisotopic (exact) mass is 543 g/mol. The Balaban J connectivity index is 3.42. The van der Waals surface area contributed by atoms with Gasteiger partial charge in [0.15, 0.2) is 0 Å². The maximum Gasteiger partial charge on any atom is 0.511 e. The second-order valence-electron chi connectivity index (χ2n) is 8.23. The maximum absolute atomic E-state index is 12.9. The summed E-state index contributed by atoms with van der Waals surface area (Å²) in [7, 11) is -11.5. The van der Waals surface area contributed by atoms with Gasteiger partial charge in [-0.15, -0.1) is 0 Å². The molecule has 0 radical (unpaired) electrons. The predicted octanol–water partition coefficient (Wildman–Crippen LogP) is 3.13. The first kappa shape index (κ1) is 30.3. The fraction of sp³-hybridized carbons (Fsp3) is 0.667. The number of anilines is 1. The number of phenols is 1. The molecule has 0 amide bonds. The van der Waals surface area contributed by atoms with Crippen molar-refractivity contribution in [2.24, 2.45) is 11.8 Å². The highest BCUT2D eigenvalue weighted by molar-refractivity contribution is 7.90. The number of nitrogens with zero attached hydrogens (tertiary/aromatic N) is 1. The van der Waals surface area contributed by atoms with Crippen LogP contribution in [-0.2, 0) is 20.0 Å². The van der Waals surface area contributed by atoms with Crippen molar-refractivity contribution in [2.45, 2.75) is 50.8 Å². The molecule has 0 aliphatic rings. The standard InChI is InChI=1S/C18H27F6N3O5S2/c1-11(2)13(25-33(29,30)17(19,20)21)9-27(15-7-5-6-8-16(15)28)10-14(12(3)4)26-34(31,32)18(22,23)24/h5-8,11-14,25-26,28H,9-10H2,1-4H3/t13-,14-/m1/s1. The Morgan fingerprint density at radius 1 is 0.794 bits per heavy atom. The molecule has 1 aromatic carbocycles. The molecule has 0 aliphatic heterocycles. The summed E-state index contributed by atoms with van der Waals surface area (Å²) in [6, 6.07) is 2.54. The average Bonchev–Trinajstić information content (AvgIpc) is 2.64. The van der Waals surface area contributed by atoms with Gasteiger partial charge in [-0.1, -0.05) is 39.8 Å². The number of halogens is 6. The SMILES string of the molecule is CC(C)[C@@H](CN(C[C@@H](NS(=O)(=O)C(F)(F)F)C(C)C)c1ccccc1O)NS(=O)(=O)C(F)(F)F. The minimum absolute atomic E-state index is 0.0452. The van der Waals surface area contributed by atoms with E-state index in [2.05, 4.69) is 0 Å². The molecular formula is C18H27F6N3O5S2. The van der Waals surface area contributed by atoms with Crippen LogP contribution >= 0.6 is 0 Å². The fourth-order valence-corrected chi connectivity index (χ4v) is 4.54. The number of phenolic OH excluding ortho intramolecular Hbond substituents is 1. The molecule has 0 aromatic heterocycles. The maximum atomic E-state index is 12.9. The molecule has 16 heteroatoms. The zero-order valence-electron chi connectivity index (χ0n) is 18.6. The summed E-state index contributed by atoms with van der Waals surface area (Å²) >= 11 is 0. The smallest absolute Gasteiger partial charge is 0.506 e. The molecule has 0 aliphatic carbocycles. The molecule has 2 atom stereocenters. The molecule has 34 heavy (non-hydrogen) atoms. The van der Waals surface area contributed by atoms with E-state index in [9.17, 15) is 48.3 Å². The third kappa shape index (κ3) is 7.88. The molecule has 1 rings (SSSR count). The van der Waals surface area contributed by atoms with Gasteiger partial charge in [-0.2, -0.15) is 26.3 Å². The number of rotatable bonds is 11. The molecule has 0 fully saturated rings. The highest BCUT2D eigenvalue weighted by atomic mass is 32.2. The molecule has 0 bridgehead atoms. The first-order chi connectivity index (χ1) is 15.2. The van der Waals surface area contributed by atoms with Gasteiger partial charge in [0.25, 0.3) is 0 Å². The lowest BCUT2D eigenvalue weighted by Gasteiger charge is -2.36. The van der Waals surface area contributed by atoms with E-state index in [0.717, 1.165) is 4.90 Å². The fourth-order valence-electron chi connectivity index (χ4n) is 2.78. The summed E-state index contributed by atoms with van der Waals surface area (Å²) in [6.07, 6.45) is 0. The number of hydrogen-bond donors (Lipinski definition) is 3. The largest absolute Gasteiger partial charge is 0.511 e. The van der Waals surface area contributed by atoms with Gasteiger partial charge in [-0.25, -0.2) is 26.3 Å². The average molecular weight is 544 g/mol. The second-order valence-corrected chi connectivity index (χ2v) is 11.6. The van der Waals surface area contributed by atoms with Gasteiger partial charge >= 0.3 is 31.1 Å². The highest BCUT2D eigenvalue weighted by Crippen LogP contribution is 2.30. The summed E-state index contributed by atoms with van der Waals surface area (Å²) in [6.45, 7) is 4.61. The Labute approximate surface area is 194 Å². The second kappa shape index (κ2) is 10.9. The van der Waals surface area contributed by atoms with Crippen molar-refractivity contribution in [3.8, 4) is 5.75 Å². The molecule has 0 unspecified atom stereocenters. The lowest BCUT2D eigenvalue weighted by Crippen LogP contribution is -2.54. The number of hydrogen-bond acceptors (Lipinski definition) is 6. The molecule has 0 saturated carbocycles. The normalized spacial score (nSPS) is 15.5. The minimum atomic E-state index is -5.77. The van der Waals surface area contributed by atoms with E-state index in [1.165, 1.54) is 61.4 Å². The topological polar surface area (TPSA) is 116 Å². The van der Waals surface area contributed by atoms with Crippen LogP contribution in [-0.4, -0.2) is 58.1 Å². The van der Waals surface area contributed by atoms with Crippen LogP contribution in [0.5, 0.6) is 5.75 Å². The zero-order chi connectivity index (χ0) is 26.7. The van der Waals surface area contributed by atoms with Crippen molar-refractivity contribution in [1.29, 1.82) is 0 Å². The Bertz CT molecular complexity index is 967. The van der Waals surface area contributed by atoms with Crippen LogP contribution in [0.3, 0.4) is 0 Å². The predicted molar refractivity (Wildman–Crippen MR) is 114 cm³/mol. The van der Waals surface area contributed by atoms with E-state index in [0.29, 0.717) is 0 Å². The van der Waals surface area contributed by atoms with E-state index in [4.69, 9.17) is 0 Å². The molecule has 0 saturated heterocycles. The number of benzene rings is 1. The number of alkyl halides is 6. The van der Waals surface area contributed by atoms with Crippen LogP contribution in [0.2, 0.25) is 0 Å². The van der Waals surface area contributed by atoms with Crippen LogP contribution in [0.4, 0.5) is 32.0 Å². The van der Waals surface area contributed by atoms with Gasteiger partial charge in [0.05, 0.1) is 5.69 Å². The van der Waals surface area contributed by atoms with Crippen molar-refractivity contribution in [1.82, 2.24) is 9.44 Å². The molecule has 3 N–H and O–H groups in total. The Hall–Kier alpha value is -1.78. The van der Waals surface area contributed by atoms with Crippen molar-refractivity contribution in [3.63, 3.8) is 0 Å². The Kier molecular flexibility index (Phi) is 9.67. The van der Waals surface area contributed by atoms with Gasteiger partial charge in [0.1, 0.15) is 5.75 Å². The summed E-state index contributed by atoms with van der Waals surface area (Å²) in [4.78, 5) is 1.13. The summed E-state index contributed by atoms with van der Waals surface area (Å²) in [5.41, 5.74) is -11.3. The van der Waals surface area contributed by atoms with Crippen LogP contribution in [0.1, 0.15) is 27.7 Å². The highest BCUT2D eigenvalue weighted by Gasteiger charge is 2.48. The van der Waals surface area contributed by atoms with Crippen LogP contribution in [0.15, 0.2) is 24.3 Å². The van der Waals surface area contributed by atoms with Gasteiger partial charge in [0, 0.05) is 25.2 Å². The molecule has 8 nitrogen and oxygen atoms in total. The van der Waals surface area contributed by atoms with E-state index in [1.54, 1.807) is 0 Å². The number of sulfonamides is 2. The summed E-state index contributed by atoms with van der Waals surface area (Å²) < 4.78 is 127. The lowest BCUT2D eigenvalue weighted by molar-refractivity contribution is -0.0457. The summed E-state index contributed by atoms with van der Waals surface area (Å²) in [5.74, 6) is -1.85. The Morgan fingerprint density at radius 2 is 1.15 bits per heavy atom. The third-order valence-corrected chi connectivity index (χ3v) is 7.33. The van der Waals surface area contributed by atoms with Crippen molar-refractivity contribution < 1.29 is 48.3 Å². The summed E-state index contributed by atoms with van der Waals surface area (Å²) in [5, 5.41) is 10.2. The lowest BCUT2D eigenvalue weighted by atomic mass is 10.0. The van der Waals surface area contributed by atoms with E-state index < -0.39 is 73.8 Å². The van der Waals surface area contributed by atoms with Crippen LogP contribution in [0, 0.1) is 11.8 Å². The first-order valence-electron chi connectivity index (χ1n) is 9.89. The van der Waals surface area contributed by atoms with E-state index >= 15 is 0 Å². The van der Waals surface area contributed by atoms with Gasteiger partial charge < -0.3 is 10.0 Å².